The summed E-state index contributed by atoms with van der Waals surface area (Å²) in [5.41, 5.74) is 6.80. The molecule has 0 aromatic heterocycles. The molecule has 4 rings (SSSR count). The Morgan fingerprint density at radius 2 is 1.38 bits per heavy atom. The molecule has 4 aliphatic rings. The van der Waals surface area contributed by atoms with Gasteiger partial charge in [0.15, 0.2) is 8.07 Å². The van der Waals surface area contributed by atoms with Crippen LogP contribution in [0, 0.1) is 17.5 Å². The Labute approximate surface area is 296 Å². The van der Waals surface area contributed by atoms with Gasteiger partial charge in [-0.25, -0.2) is 17.2 Å². The fourth-order valence-corrected chi connectivity index (χ4v) is 5.05. The Hall–Kier alpha value is -2.26. The van der Waals surface area contributed by atoms with Crippen molar-refractivity contribution in [3.63, 3.8) is 0 Å². The molecule has 1 heterocycles. The van der Waals surface area contributed by atoms with Gasteiger partial charge in [-0.15, -0.1) is 24.8 Å². The highest BCUT2D eigenvalue weighted by atomic mass is 35.5. The number of carbonyl (C=O) groups is 4. The van der Waals surface area contributed by atoms with Crippen molar-refractivity contribution in [3.8, 4) is 5.69 Å². The molecule has 0 bridgehead atoms. The number of esters is 2. The van der Waals surface area contributed by atoms with Crippen LogP contribution in [-0.4, -0.2) is 83.3 Å². The summed E-state index contributed by atoms with van der Waals surface area (Å²) in [6.45, 7) is 14.7. The lowest BCUT2D eigenvalue weighted by molar-refractivity contribution is -0.140. The number of amides is 1. The van der Waals surface area contributed by atoms with Gasteiger partial charge in [0, 0.05) is 43.5 Å². The van der Waals surface area contributed by atoms with Crippen LogP contribution >= 0.6 is 24.8 Å². The molecule has 1 saturated heterocycles. The average molecular weight is 724 g/mol. The second-order valence-electron chi connectivity index (χ2n) is 12.8. The molecule has 0 aromatic rings. The molecule has 1 spiro atoms. The van der Waals surface area contributed by atoms with E-state index in [4.69, 9.17) is 17.6 Å². The van der Waals surface area contributed by atoms with Gasteiger partial charge in [0.25, 0.3) is 5.66 Å². The second-order valence-corrected chi connectivity index (χ2v) is 17.6. The number of rotatable bonds is 4. The molecule has 0 radical (unpaired) electrons. The van der Waals surface area contributed by atoms with Crippen LogP contribution in [0.4, 0.5) is 0 Å². The summed E-state index contributed by atoms with van der Waals surface area (Å²) >= 11 is 0. The lowest BCUT2D eigenvalue weighted by Gasteiger charge is -2.41. The number of nitrogens with zero attached hydrogens (tertiary/aromatic N) is 2. The molecule has 47 heavy (non-hydrogen) atoms. The van der Waals surface area contributed by atoms with Crippen LogP contribution in [-0.2, 0) is 28.7 Å². The lowest BCUT2D eigenvalue weighted by Crippen LogP contribution is -2.61. The Morgan fingerprint density at radius 1 is 0.915 bits per heavy atom. The van der Waals surface area contributed by atoms with E-state index in [2.05, 4.69) is 36.0 Å². The van der Waals surface area contributed by atoms with Crippen molar-refractivity contribution in [1.29, 1.82) is 5.26 Å². The van der Waals surface area contributed by atoms with Crippen molar-refractivity contribution in [3.05, 3.63) is 11.4 Å². The molecule has 1 aliphatic heterocycles. The first-order chi connectivity index (χ1) is 21.3. The molecule has 4 fully saturated rings. The van der Waals surface area contributed by atoms with Crippen molar-refractivity contribution < 1.29 is 28.7 Å². The molecule has 0 aromatic carbocycles. The van der Waals surface area contributed by atoms with Crippen LogP contribution < -0.4 is 21.7 Å². The first kappa shape index (κ1) is 49.1. The molecule has 15 heteroatoms. The summed E-state index contributed by atoms with van der Waals surface area (Å²) in [6, 6.07) is 0. The Kier molecular flexibility index (Phi) is 28.9. The second kappa shape index (κ2) is 27.7. The number of halogens is 2. The zero-order valence-electron chi connectivity index (χ0n) is 29.2. The molecule has 0 unspecified atom stereocenters. The number of ether oxygens (including phenoxy) is 2. The molecular weight excluding hydrogens is 663 g/mol. The number of carbonyl (C=O) groups excluding carboxylic acids is 4. The van der Waals surface area contributed by atoms with E-state index in [0.717, 1.165) is 57.9 Å². The van der Waals surface area contributed by atoms with Crippen LogP contribution in [0.2, 0.25) is 19.6 Å². The fraction of sp³-hybridized carbons (Fsp3) is 0.812. The topological polar surface area (TPSA) is 177 Å². The number of hydrogen-bond donors (Lipinski definition) is 4. The highest BCUT2D eigenvalue weighted by Crippen LogP contribution is 2.29. The van der Waals surface area contributed by atoms with E-state index in [-0.39, 0.29) is 61.3 Å². The van der Waals surface area contributed by atoms with Gasteiger partial charge in [-0.2, -0.15) is 0 Å². The monoisotopic (exact) mass is 722 g/mol. The summed E-state index contributed by atoms with van der Waals surface area (Å²) in [6.07, 6.45) is 16.7. The maximum absolute atomic E-state index is 10.9. The maximum Gasteiger partial charge on any atom is 0.319 e. The molecule has 272 valence electrons. The van der Waals surface area contributed by atoms with Gasteiger partial charge in [-0.1, -0.05) is 51.7 Å². The van der Waals surface area contributed by atoms with Crippen molar-refractivity contribution in [2.75, 3.05) is 40.4 Å². The van der Waals surface area contributed by atoms with Crippen LogP contribution in [0.25, 0.3) is 4.85 Å². The van der Waals surface area contributed by atoms with E-state index in [1.807, 2.05) is 19.6 Å². The van der Waals surface area contributed by atoms with E-state index in [1.165, 1.54) is 59.2 Å². The highest BCUT2D eigenvalue weighted by Gasteiger charge is 2.38. The first-order valence-electron chi connectivity index (χ1n) is 16.2. The van der Waals surface area contributed by atoms with Crippen LogP contribution in [0.15, 0.2) is 0 Å². The van der Waals surface area contributed by atoms with E-state index >= 15 is 0 Å². The molecule has 5 N–H and O–H groups in total. The number of nitrogens with one attached hydrogen (secondary N) is 3. The number of Topliss-reactive ketones (excluding diaryl/α,β-unsaturated/α-hetero) is 1. The average Bonchev–Trinajstić information content (AvgIpc) is 3.07. The molecule has 0 atom stereocenters. The third-order valence-corrected chi connectivity index (χ3v) is 8.55. The summed E-state index contributed by atoms with van der Waals surface area (Å²) in [7, 11) is 1.33. The number of ketones is 1. The summed E-state index contributed by atoms with van der Waals surface area (Å²) in [5, 5.41) is 17.5. The van der Waals surface area contributed by atoms with Gasteiger partial charge in [-0.3, -0.25) is 24.0 Å². The maximum atomic E-state index is 10.9. The largest absolute Gasteiger partial charge is 0.468 e. The predicted octanol–water partition coefficient (Wildman–Crippen LogP) is 4.61. The molecule has 3 saturated carbocycles. The minimum absolute atomic E-state index is 0. The molecule has 3 aliphatic carbocycles. The predicted molar refractivity (Wildman–Crippen MR) is 192 cm³/mol. The number of nitrogens with two attached hydrogens (primary N) is 1. The van der Waals surface area contributed by atoms with Gasteiger partial charge in [0.2, 0.25) is 5.91 Å². The number of piperazine rings is 1. The van der Waals surface area contributed by atoms with Gasteiger partial charge >= 0.3 is 11.9 Å². The third-order valence-electron chi connectivity index (χ3n) is 7.88. The number of hydrogen-bond acceptors (Lipinski definition) is 10. The van der Waals surface area contributed by atoms with Crippen molar-refractivity contribution in [2.24, 2.45) is 5.73 Å². The normalized spacial score (nSPS) is 18.8. The quantitative estimate of drug-likeness (QED) is 0.182. The van der Waals surface area contributed by atoms with Gasteiger partial charge in [0.1, 0.15) is 12.3 Å². The van der Waals surface area contributed by atoms with Crippen molar-refractivity contribution in [1.82, 2.24) is 16.0 Å². The van der Waals surface area contributed by atoms with Gasteiger partial charge in [-0.05, 0) is 38.5 Å². The zero-order valence-corrected chi connectivity index (χ0v) is 31.8. The Morgan fingerprint density at radius 3 is 1.70 bits per heavy atom. The standard InChI is InChI=1S/C10H16N2O2.C9H16N2O.C6H10O.C4H9NSi.C3H7NO2.2ClH/c1-11-10(6-4-3-5-7-10)12-8-9(13)14-2;12-8-6-11-9(7-10-8)4-2-1-3-5-9;7-6-4-2-1-3-5-6;1-6(2,3)4-5;1-6-3(5)2-4;;/h12H,3-8H2,2H3;11H,1-7H2,(H,10,12);1-5H2;1-3H3;2,4H2,1H3;2*1H. The van der Waals surface area contributed by atoms with Crippen LogP contribution in [0.5, 0.6) is 0 Å². The number of methoxy groups -OCH3 is 2. The smallest absolute Gasteiger partial charge is 0.319 e. The van der Waals surface area contributed by atoms with Gasteiger partial charge in [0.05, 0.1) is 27.3 Å². The molecule has 1 amide bonds. The lowest BCUT2D eigenvalue weighted by atomic mass is 9.80. The van der Waals surface area contributed by atoms with Crippen LogP contribution in [0.1, 0.15) is 96.3 Å². The van der Waals surface area contributed by atoms with Crippen LogP contribution in [0.3, 0.4) is 0 Å². The minimum atomic E-state index is -1.33. The van der Waals surface area contributed by atoms with E-state index in [9.17, 15) is 19.2 Å². The summed E-state index contributed by atoms with van der Waals surface area (Å²) in [5.74, 6) is -0.0777. The summed E-state index contributed by atoms with van der Waals surface area (Å²) in [4.78, 5) is 45.8. The minimum Gasteiger partial charge on any atom is -0.468 e. The Bertz CT molecular complexity index is 962. The van der Waals surface area contributed by atoms with Crippen molar-refractivity contribution in [2.45, 2.75) is 127 Å². The fourth-order valence-electron chi connectivity index (χ4n) is 5.05. The highest BCUT2D eigenvalue weighted by molar-refractivity contribution is 6.83. The van der Waals surface area contributed by atoms with E-state index in [1.54, 1.807) is 0 Å². The third kappa shape index (κ3) is 24.5. The zero-order chi connectivity index (χ0) is 34.2. The van der Waals surface area contributed by atoms with E-state index < -0.39 is 13.7 Å². The van der Waals surface area contributed by atoms with Crippen molar-refractivity contribution >= 4 is 56.5 Å². The molecule has 12 nitrogen and oxygen atoms in total. The first-order valence-corrected chi connectivity index (χ1v) is 19.7. The SMILES string of the molecule is COC(=O)CN.C[Si](C)(C)C#N.Cl.Cl.O=C1CCCCC1.O=C1CNC2(CCCCC2)CN1.[C-]#[N+]C1(NCC(=O)OC)CCCCC1. The van der Waals surface area contributed by atoms with Gasteiger partial charge < -0.3 is 25.8 Å². The summed E-state index contributed by atoms with van der Waals surface area (Å²) < 4.78 is 8.66. The van der Waals surface area contributed by atoms with E-state index in [0.29, 0.717) is 12.3 Å². The number of nitriles is 1. The molecular formula is C32H60Cl2N6O6Si. The Balaban J connectivity index is -0.000000534.